The summed E-state index contributed by atoms with van der Waals surface area (Å²) in [5.74, 6) is 0.517. The highest BCUT2D eigenvalue weighted by Gasteiger charge is 2.22. The minimum atomic E-state index is -0.991. The molecule has 18 heavy (non-hydrogen) atoms. The second-order valence-corrected chi connectivity index (χ2v) is 4.62. The zero-order valence-corrected chi connectivity index (χ0v) is 10.7. The van der Waals surface area contributed by atoms with E-state index < -0.39 is 5.60 Å². The summed E-state index contributed by atoms with van der Waals surface area (Å²) in [6.45, 7) is 2.05. The lowest BCUT2D eigenvalue weighted by atomic mass is 9.96. The number of benzene rings is 1. The normalized spacial score (nSPS) is 13.9. The summed E-state index contributed by atoms with van der Waals surface area (Å²) in [6, 6.07) is 9.45. The summed E-state index contributed by atoms with van der Waals surface area (Å²) in [4.78, 5) is 7.81. The second kappa shape index (κ2) is 5.33. The van der Waals surface area contributed by atoms with Gasteiger partial charge in [-0.25, -0.2) is 9.97 Å². The van der Waals surface area contributed by atoms with Crippen LogP contribution in [0.1, 0.15) is 12.5 Å². The molecule has 0 aliphatic rings. The predicted molar refractivity (Wildman–Crippen MR) is 71.5 cm³/mol. The molecule has 1 aromatic heterocycles. The third kappa shape index (κ3) is 2.97. The molecule has 1 aromatic carbocycles. The molecule has 1 atom stereocenters. The summed E-state index contributed by atoms with van der Waals surface area (Å²) in [5, 5.41) is 13.8. The molecule has 2 N–H and O–H groups in total. The minimum absolute atomic E-state index is 0.313. The Hall–Kier alpha value is -1.65. The molecule has 0 spiro atoms. The van der Waals surface area contributed by atoms with Gasteiger partial charge in [-0.15, -0.1) is 0 Å². The lowest BCUT2D eigenvalue weighted by molar-refractivity contribution is 0.0714. The van der Waals surface area contributed by atoms with Crippen LogP contribution in [0.15, 0.2) is 42.9 Å². The topological polar surface area (TPSA) is 58.0 Å². The highest BCUT2D eigenvalue weighted by molar-refractivity contribution is 6.32. The predicted octanol–water partition coefficient (Wildman–Crippen LogP) is 2.45. The fraction of sp³-hybridized carbons (Fsp3) is 0.231. The first-order valence-corrected chi connectivity index (χ1v) is 5.95. The van der Waals surface area contributed by atoms with Crippen LogP contribution in [0.25, 0.3) is 0 Å². The van der Waals surface area contributed by atoms with Crippen molar-refractivity contribution in [2.45, 2.75) is 12.5 Å². The fourth-order valence-electron chi connectivity index (χ4n) is 1.60. The number of hydrogen-bond acceptors (Lipinski definition) is 4. The van der Waals surface area contributed by atoms with E-state index in [1.807, 2.05) is 30.3 Å². The lowest BCUT2D eigenvalue weighted by Crippen LogP contribution is -2.31. The third-order valence-electron chi connectivity index (χ3n) is 2.66. The molecule has 1 unspecified atom stereocenters. The maximum absolute atomic E-state index is 10.4. The standard InChI is InChI=1S/C13H14ClN3O/c1-13(18,10-5-3-2-4-6-10)8-16-12-11(14)7-15-9-17-12/h2-7,9,18H,8H2,1H3,(H,15,16,17). The summed E-state index contributed by atoms with van der Waals surface area (Å²) in [5.41, 5.74) is -0.155. The second-order valence-electron chi connectivity index (χ2n) is 4.21. The Labute approximate surface area is 111 Å². The molecule has 0 aliphatic heterocycles. The van der Waals surface area contributed by atoms with Crippen LogP contribution in [0.2, 0.25) is 5.02 Å². The molecule has 0 fully saturated rings. The van der Waals surface area contributed by atoms with Gasteiger partial charge in [-0.3, -0.25) is 0 Å². The van der Waals surface area contributed by atoms with E-state index in [9.17, 15) is 5.11 Å². The van der Waals surface area contributed by atoms with Crippen molar-refractivity contribution in [3.63, 3.8) is 0 Å². The van der Waals surface area contributed by atoms with E-state index in [0.29, 0.717) is 17.4 Å². The number of halogens is 1. The Morgan fingerprint density at radius 2 is 2.06 bits per heavy atom. The van der Waals surface area contributed by atoms with E-state index in [0.717, 1.165) is 5.56 Å². The van der Waals surface area contributed by atoms with Gasteiger partial charge in [-0.05, 0) is 12.5 Å². The van der Waals surface area contributed by atoms with Crippen molar-refractivity contribution >= 4 is 17.4 Å². The fourth-order valence-corrected chi connectivity index (χ4v) is 1.77. The minimum Gasteiger partial charge on any atom is -0.384 e. The van der Waals surface area contributed by atoms with Crippen molar-refractivity contribution in [3.8, 4) is 0 Å². The number of nitrogens with one attached hydrogen (secondary N) is 1. The molecule has 2 aromatic rings. The maximum atomic E-state index is 10.4. The van der Waals surface area contributed by atoms with E-state index >= 15 is 0 Å². The molecule has 5 heteroatoms. The molecule has 1 heterocycles. The number of anilines is 1. The van der Waals surface area contributed by atoms with Crippen molar-refractivity contribution in [2.75, 3.05) is 11.9 Å². The van der Waals surface area contributed by atoms with Gasteiger partial charge in [0.05, 0.1) is 6.20 Å². The van der Waals surface area contributed by atoms with E-state index in [4.69, 9.17) is 11.6 Å². The van der Waals surface area contributed by atoms with Gasteiger partial charge in [0.15, 0.2) is 0 Å². The first-order chi connectivity index (χ1) is 8.59. The smallest absolute Gasteiger partial charge is 0.148 e. The van der Waals surface area contributed by atoms with Crippen molar-refractivity contribution in [2.24, 2.45) is 0 Å². The van der Waals surface area contributed by atoms with Crippen LogP contribution in [0, 0.1) is 0 Å². The van der Waals surface area contributed by atoms with Gasteiger partial charge in [0.25, 0.3) is 0 Å². The Balaban J connectivity index is 2.08. The quantitative estimate of drug-likeness (QED) is 0.890. The molecule has 0 saturated heterocycles. The zero-order chi connectivity index (χ0) is 13.0. The zero-order valence-electron chi connectivity index (χ0n) is 9.97. The van der Waals surface area contributed by atoms with Crippen LogP contribution in [0.5, 0.6) is 0 Å². The van der Waals surface area contributed by atoms with Gasteiger partial charge in [0.1, 0.15) is 22.8 Å². The first-order valence-electron chi connectivity index (χ1n) is 5.57. The van der Waals surface area contributed by atoms with Crippen LogP contribution < -0.4 is 5.32 Å². The monoisotopic (exact) mass is 263 g/mol. The molecule has 0 aliphatic carbocycles. The lowest BCUT2D eigenvalue weighted by Gasteiger charge is -2.24. The van der Waals surface area contributed by atoms with Crippen molar-refractivity contribution < 1.29 is 5.11 Å². The number of rotatable bonds is 4. The van der Waals surface area contributed by atoms with Gasteiger partial charge in [-0.2, -0.15) is 0 Å². The molecular weight excluding hydrogens is 250 g/mol. The molecule has 4 nitrogen and oxygen atoms in total. The van der Waals surface area contributed by atoms with Crippen molar-refractivity contribution in [1.82, 2.24) is 9.97 Å². The maximum Gasteiger partial charge on any atom is 0.148 e. The largest absolute Gasteiger partial charge is 0.384 e. The Bertz CT molecular complexity index is 517. The Morgan fingerprint density at radius 3 is 2.72 bits per heavy atom. The van der Waals surface area contributed by atoms with E-state index in [-0.39, 0.29) is 0 Å². The average molecular weight is 264 g/mol. The first kappa shape index (κ1) is 12.8. The van der Waals surface area contributed by atoms with E-state index in [1.54, 1.807) is 6.92 Å². The molecule has 94 valence electrons. The highest BCUT2D eigenvalue weighted by Crippen LogP contribution is 2.22. The third-order valence-corrected chi connectivity index (χ3v) is 2.94. The van der Waals surface area contributed by atoms with Crippen LogP contribution in [-0.4, -0.2) is 21.6 Å². The van der Waals surface area contributed by atoms with Gasteiger partial charge in [0.2, 0.25) is 0 Å². The Kier molecular flexibility index (Phi) is 3.79. The van der Waals surface area contributed by atoms with Gasteiger partial charge >= 0.3 is 0 Å². The van der Waals surface area contributed by atoms with Crippen molar-refractivity contribution in [1.29, 1.82) is 0 Å². The SMILES string of the molecule is CC(O)(CNc1ncncc1Cl)c1ccccc1. The summed E-state index contributed by atoms with van der Waals surface area (Å²) >= 11 is 5.93. The van der Waals surface area contributed by atoms with Crippen molar-refractivity contribution in [3.05, 3.63) is 53.4 Å². The molecule has 2 rings (SSSR count). The highest BCUT2D eigenvalue weighted by atomic mass is 35.5. The van der Waals surface area contributed by atoms with E-state index in [2.05, 4.69) is 15.3 Å². The van der Waals surface area contributed by atoms with Gasteiger partial charge in [0, 0.05) is 6.54 Å². The molecule has 0 amide bonds. The summed E-state index contributed by atoms with van der Waals surface area (Å²) in [6.07, 6.45) is 2.92. The molecular formula is C13H14ClN3O. The van der Waals surface area contributed by atoms with Crippen LogP contribution in [0.4, 0.5) is 5.82 Å². The molecule has 0 radical (unpaired) electrons. The Morgan fingerprint density at radius 1 is 1.33 bits per heavy atom. The van der Waals surface area contributed by atoms with Gasteiger partial charge in [-0.1, -0.05) is 41.9 Å². The van der Waals surface area contributed by atoms with Crippen LogP contribution >= 0.6 is 11.6 Å². The van der Waals surface area contributed by atoms with E-state index in [1.165, 1.54) is 12.5 Å². The number of nitrogens with zero attached hydrogens (tertiary/aromatic N) is 2. The number of aromatic nitrogens is 2. The van der Waals surface area contributed by atoms with Gasteiger partial charge < -0.3 is 10.4 Å². The van der Waals surface area contributed by atoms with Crippen LogP contribution in [-0.2, 0) is 5.60 Å². The summed E-state index contributed by atoms with van der Waals surface area (Å²) < 4.78 is 0. The molecule has 0 bridgehead atoms. The molecule has 0 saturated carbocycles. The summed E-state index contributed by atoms with van der Waals surface area (Å²) in [7, 11) is 0. The average Bonchev–Trinajstić information content (AvgIpc) is 2.39. The number of hydrogen-bond donors (Lipinski definition) is 2. The van der Waals surface area contributed by atoms with Crippen LogP contribution in [0.3, 0.4) is 0 Å². The number of aliphatic hydroxyl groups is 1.